The molecule has 1 saturated heterocycles. The van der Waals surface area contributed by atoms with E-state index in [0.29, 0.717) is 18.8 Å². The zero-order valence-electron chi connectivity index (χ0n) is 14.6. The summed E-state index contributed by atoms with van der Waals surface area (Å²) < 4.78 is 27.4. The Kier molecular flexibility index (Phi) is 4.94. The Morgan fingerprint density at radius 3 is 2.70 bits per heavy atom. The summed E-state index contributed by atoms with van der Waals surface area (Å²) in [7, 11) is -3.66. The van der Waals surface area contributed by atoms with Crippen LogP contribution in [-0.4, -0.2) is 36.7 Å². The van der Waals surface area contributed by atoms with Crippen molar-refractivity contribution in [2.24, 2.45) is 0 Å². The topological polar surface area (TPSA) is 79.4 Å². The summed E-state index contributed by atoms with van der Waals surface area (Å²) in [6.07, 6.45) is 4.44. The molecule has 0 radical (unpaired) electrons. The number of piperidine rings is 1. The molecule has 1 aromatic carbocycles. The molecular weight excluding hydrogens is 382 g/mol. The number of thiophene rings is 1. The molecule has 0 spiro atoms. The molecule has 1 fully saturated rings. The highest BCUT2D eigenvalue weighted by Gasteiger charge is 2.31. The van der Waals surface area contributed by atoms with Crippen LogP contribution in [-0.2, 0) is 10.0 Å². The Bertz CT molecular complexity index is 1080. The Labute approximate surface area is 161 Å². The molecule has 4 rings (SSSR count). The van der Waals surface area contributed by atoms with E-state index in [1.54, 1.807) is 23.7 Å². The van der Waals surface area contributed by atoms with Crippen LogP contribution in [0.4, 0.5) is 5.69 Å². The highest BCUT2D eigenvalue weighted by Crippen LogP contribution is 2.29. The average molecular weight is 402 g/mol. The molecule has 1 aliphatic rings. The molecule has 0 atom stereocenters. The van der Waals surface area contributed by atoms with Crippen molar-refractivity contribution in [3.8, 4) is 0 Å². The molecule has 0 unspecified atom stereocenters. The van der Waals surface area contributed by atoms with Crippen LogP contribution in [0.5, 0.6) is 0 Å². The van der Waals surface area contributed by atoms with Crippen LogP contribution in [0.3, 0.4) is 0 Å². The van der Waals surface area contributed by atoms with Gasteiger partial charge in [0.1, 0.15) is 9.77 Å². The molecule has 3 aromatic rings. The fourth-order valence-corrected chi connectivity index (χ4v) is 6.11. The number of nitrogens with one attached hydrogen (secondary N) is 1. The first kappa shape index (κ1) is 18.1. The Morgan fingerprint density at radius 2 is 1.89 bits per heavy atom. The first-order valence-electron chi connectivity index (χ1n) is 8.80. The number of benzene rings is 1. The van der Waals surface area contributed by atoms with Crippen LogP contribution < -0.4 is 5.32 Å². The second-order valence-electron chi connectivity index (χ2n) is 6.41. The second-order valence-corrected chi connectivity index (χ2v) is 9.23. The van der Waals surface area contributed by atoms with Gasteiger partial charge in [-0.1, -0.05) is 12.5 Å². The number of pyridine rings is 1. The standard InChI is InChI=1S/C19H19N3O3S2/c23-19(21-16-8-4-7-15-14(16)6-5-10-20-15)18-17(9-13-26-18)27(24,25)22-11-2-1-3-12-22/h4-10,13H,1-3,11-12H2,(H,21,23). The highest BCUT2D eigenvalue weighted by molar-refractivity contribution is 7.89. The first-order chi connectivity index (χ1) is 13.1. The summed E-state index contributed by atoms with van der Waals surface area (Å²) >= 11 is 1.14. The predicted molar refractivity (Wildman–Crippen MR) is 107 cm³/mol. The summed E-state index contributed by atoms with van der Waals surface area (Å²) in [5, 5.41) is 5.31. The predicted octanol–water partition coefficient (Wildman–Crippen LogP) is 3.72. The molecule has 2 aromatic heterocycles. The molecule has 0 aliphatic carbocycles. The zero-order valence-corrected chi connectivity index (χ0v) is 16.2. The number of sulfonamides is 1. The Morgan fingerprint density at radius 1 is 1.07 bits per heavy atom. The van der Waals surface area contributed by atoms with Gasteiger partial charge in [-0.15, -0.1) is 11.3 Å². The van der Waals surface area contributed by atoms with Gasteiger partial charge in [-0.05, 0) is 48.6 Å². The fraction of sp³-hybridized carbons (Fsp3) is 0.263. The van der Waals surface area contributed by atoms with Crippen molar-refractivity contribution in [2.75, 3.05) is 18.4 Å². The average Bonchev–Trinajstić information content (AvgIpc) is 3.20. The monoisotopic (exact) mass is 401 g/mol. The van der Waals surface area contributed by atoms with Crippen molar-refractivity contribution in [3.05, 3.63) is 52.9 Å². The fourth-order valence-electron chi connectivity index (χ4n) is 3.30. The summed E-state index contributed by atoms with van der Waals surface area (Å²) in [6, 6.07) is 10.7. The lowest BCUT2D eigenvalue weighted by Gasteiger charge is -2.25. The SMILES string of the molecule is O=C(Nc1cccc2ncccc12)c1sccc1S(=O)(=O)N1CCCCC1. The summed E-state index contributed by atoms with van der Waals surface area (Å²) in [4.78, 5) is 17.4. The van der Waals surface area contributed by atoms with Crippen LogP contribution in [0.25, 0.3) is 10.9 Å². The van der Waals surface area contributed by atoms with Gasteiger partial charge in [0, 0.05) is 24.7 Å². The van der Waals surface area contributed by atoms with E-state index >= 15 is 0 Å². The lowest BCUT2D eigenvalue weighted by molar-refractivity contribution is 0.102. The summed E-state index contributed by atoms with van der Waals surface area (Å²) in [5.74, 6) is -0.420. The van der Waals surface area contributed by atoms with Crippen molar-refractivity contribution in [1.29, 1.82) is 0 Å². The van der Waals surface area contributed by atoms with E-state index in [0.717, 1.165) is 41.5 Å². The molecule has 140 valence electrons. The maximum Gasteiger partial charge on any atom is 0.267 e. The van der Waals surface area contributed by atoms with Crippen molar-refractivity contribution in [2.45, 2.75) is 24.2 Å². The number of fused-ring (bicyclic) bond motifs is 1. The number of aromatic nitrogens is 1. The van der Waals surface area contributed by atoms with Crippen LogP contribution in [0, 0.1) is 0 Å². The summed E-state index contributed by atoms with van der Waals surface area (Å²) in [6.45, 7) is 1.02. The molecule has 0 bridgehead atoms. The minimum absolute atomic E-state index is 0.0882. The summed E-state index contributed by atoms with van der Waals surface area (Å²) in [5.41, 5.74) is 1.38. The van der Waals surface area contributed by atoms with Gasteiger partial charge in [0.25, 0.3) is 5.91 Å². The van der Waals surface area contributed by atoms with Gasteiger partial charge in [-0.2, -0.15) is 4.31 Å². The molecule has 8 heteroatoms. The molecule has 27 heavy (non-hydrogen) atoms. The maximum atomic E-state index is 13.0. The van der Waals surface area contributed by atoms with Gasteiger partial charge >= 0.3 is 0 Å². The van der Waals surface area contributed by atoms with E-state index in [2.05, 4.69) is 10.3 Å². The number of anilines is 1. The van der Waals surface area contributed by atoms with Crippen LogP contribution in [0.15, 0.2) is 52.9 Å². The van der Waals surface area contributed by atoms with Crippen molar-refractivity contribution >= 4 is 43.9 Å². The number of carbonyl (C=O) groups excluding carboxylic acids is 1. The van der Waals surface area contributed by atoms with Crippen LogP contribution >= 0.6 is 11.3 Å². The highest BCUT2D eigenvalue weighted by atomic mass is 32.2. The van der Waals surface area contributed by atoms with E-state index in [1.807, 2.05) is 18.2 Å². The number of rotatable bonds is 4. The van der Waals surface area contributed by atoms with Gasteiger partial charge in [0.2, 0.25) is 10.0 Å². The number of carbonyl (C=O) groups is 1. The van der Waals surface area contributed by atoms with E-state index in [9.17, 15) is 13.2 Å². The molecule has 1 amide bonds. The van der Waals surface area contributed by atoms with Gasteiger partial charge < -0.3 is 5.32 Å². The second kappa shape index (κ2) is 7.38. The molecule has 3 heterocycles. The molecule has 6 nitrogen and oxygen atoms in total. The number of hydrogen-bond acceptors (Lipinski definition) is 5. The van der Waals surface area contributed by atoms with Gasteiger partial charge in [0.05, 0.1) is 11.2 Å². The first-order valence-corrected chi connectivity index (χ1v) is 11.1. The molecule has 0 saturated carbocycles. The number of hydrogen-bond donors (Lipinski definition) is 1. The van der Waals surface area contributed by atoms with Crippen molar-refractivity contribution in [1.82, 2.24) is 9.29 Å². The quantitative estimate of drug-likeness (QED) is 0.723. The minimum atomic E-state index is -3.66. The zero-order chi connectivity index (χ0) is 18.9. The lowest BCUT2D eigenvalue weighted by Crippen LogP contribution is -2.36. The Balaban J connectivity index is 1.65. The van der Waals surface area contributed by atoms with E-state index in [-0.39, 0.29) is 9.77 Å². The minimum Gasteiger partial charge on any atom is -0.321 e. The number of amides is 1. The lowest BCUT2D eigenvalue weighted by atomic mass is 10.2. The third-order valence-corrected chi connectivity index (χ3v) is 7.65. The van der Waals surface area contributed by atoms with Gasteiger partial charge in [-0.25, -0.2) is 8.42 Å². The van der Waals surface area contributed by atoms with E-state index in [4.69, 9.17) is 0 Å². The van der Waals surface area contributed by atoms with Crippen LogP contribution in [0.2, 0.25) is 0 Å². The van der Waals surface area contributed by atoms with Crippen molar-refractivity contribution in [3.63, 3.8) is 0 Å². The molecular formula is C19H19N3O3S2. The smallest absolute Gasteiger partial charge is 0.267 e. The maximum absolute atomic E-state index is 13.0. The molecule has 1 N–H and O–H groups in total. The largest absolute Gasteiger partial charge is 0.321 e. The third kappa shape index (κ3) is 3.47. The third-order valence-electron chi connectivity index (χ3n) is 4.66. The van der Waals surface area contributed by atoms with Crippen LogP contribution in [0.1, 0.15) is 28.9 Å². The normalized spacial score (nSPS) is 15.7. The van der Waals surface area contributed by atoms with Gasteiger partial charge in [0.15, 0.2) is 0 Å². The molecule has 1 aliphatic heterocycles. The van der Waals surface area contributed by atoms with E-state index in [1.165, 1.54) is 10.4 Å². The van der Waals surface area contributed by atoms with Gasteiger partial charge in [-0.3, -0.25) is 9.78 Å². The van der Waals surface area contributed by atoms with Crippen molar-refractivity contribution < 1.29 is 13.2 Å². The van der Waals surface area contributed by atoms with E-state index < -0.39 is 15.9 Å². The Hall–Kier alpha value is -2.29. The number of nitrogens with zero attached hydrogens (tertiary/aromatic N) is 2.